The number of nitriles is 1. The molecule has 0 amide bonds. The van der Waals surface area contributed by atoms with Crippen LogP contribution in [0.4, 0.5) is 11.5 Å². The molecule has 0 unspecified atom stereocenters. The highest BCUT2D eigenvalue weighted by Gasteiger charge is 2.08. The van der Waals surface area contributed by atoms with Crippen LogP contribution in [0.15, 0.2) is 34.9 Å². The topological polar surface area (TPSA) is 48.7 Å². The lowest BCUT2D eigenvalue weighted by Gasteiger charge is -2.08. The zero-order valence-corrected chi connectivity index (χ0v) is 12.0. The number of hydrogen-bond acceptors (Lipinski definition) is 3. The molecule has 18 heavy (non-hydrogen) atoms. The second kappa shape index (κ2) is 5.57. The average Bonchev–Trinajstić information content (AvgIpc) is 2.36. The molecule has 0 aliphatic heterocycles. The molecule has 2 rings (SSSR count). The molecule has 0 spiro atoms. The third-order valence-electron chi connectivity index (χ3n) is 2.19. The van der Waals surface area contributed by atoms with Crippen LogP contribution in [-0.2, 0) is 0 Å². The van der Waals surface area contributed by atoms with Gasteiger partial charge in [0.15, 0.2) is 5.82 Å². The second-order valence-electron chi connectivity index (χ2n) is 3.39. The average molecular weight is 343 g/mol. The summed E-state index contributed by atoms with van der Waals surface area (Å²) in [4.78, 5) is 4.09. The zero-order valence-electron chi connectivity index (χ0n) is 8.92. The summed E-state index contributed by atoms with van der Waals surface area (Å²) in [7, 11) is 0. The van der Waals surface area contributed by atoms with Crippen LogP contribution in [0, 0.1) is 11.3 Å². The normalized spacial score (nSPS) is 9.89. The summed E-state index contributed by atoms with van der Waals surface area (Å²) in [5, 5.41) is 12.8. The van der Waals surface area contributed by atoms with Crippen molar-refractivity contribution in [2.24, 2.45) is 0 Å². The number of benzene rings is 1. The van der Waals surface area contributed by atoms with E-state index in [-0.39, 0.29) is 0 Å². The van der Waals surface area contributed by atoms with Crippen molar-refractivity contribution < 1.29 is 0 Å². The van der Waals surface area contributed by atoms with Gasteiger partial charge in [-0.25, -0.2) is 4.98 Å². The van der Waals surface area contributed by atoms with E-state index in [1.807, 2.05) is 18.2 Å². The highest BCUT2D eigenvalue weighted by molar-refractivity contribution is 9.10. The molecule has 0 aliphatic rings. The van der Waals surface area contributed by atoms with Crippen LogP contribution < -0.4 is 5.32 Å². The Labute approximate surface area is 122 Å². The Morgan fingerprint density at radius 3 is 2.72 bits per heavy atom. The first-order chi connectivity index (χ1) is 8.61. The van der Waals surface area contributed by atoms with Crippen LogP contribution >= 0.6 is 39.1 Å². The summed E-state index contributed by atoms with van der Waals surface area (Å²) in [6.07, 6.45) is 1.52. The molecule has 0 fully saturated rings. The number of hydrogen-bond donors (Lipinski definition) is 1. The van der Waals surface area contributed by atoms with Crippen molar-refractivity contribution in [1.82, 2.24) is 4.98 Å². The number of aromatic nitrogens is 1. The molecule has 2 aromatic rings. The minimum Gasteiger partial charge on any atom is -0.339 e. The molecule has 90 valence electrons. The Morgan fingerprint density at radius 1 is 1.28 bits per heavy atom. The fourth-order valence-corrected chi connectivity index (χ4v) is 1.96. The lowest BCUT2D eigenvalue weighted by molar-refractivity contribution is 1.29. The number of halogens is 3. The van der Waals surface area contributed by atoms with Crippen LogP contribution in [0.2, 0.25) is 10.0 Å². The van der Waals surface area contributed by atoms with Crippen molar-refractivity contribution in [3.8, 4) is 6.07 Å². The Kier molecular flexibility index (Phi) is 4.07. The van der Waals surface area contributed by atoms with E-state index in [9.17, 15) is 0 Å². The Morgan fingerprint density at radius 2 is 2.06 bits per heavy atom. The molecule has 0 saturated carbocycles. The Hall–Kier alpha value is -1.28. The first kappa shape index (κ1) is 13.2. The maximum absolute atomic E-state index is 8.87. The summed E-state index contributed by atoms with van der Waals surface area (Å²) in [5.41, 5.74) is 1.12. The fourth-order valence-electron chi connectivity index (χ4n) is 1.33. The molecule has 0 bridgehead atoms. The van der Waals surface area contributed by atoms with Gasteiger partial charge in [0.2, 0.25) is 0 Å². The van der Waals surface area contributed by atoms with E-state index in [1.54, 1.807) is 12.1 Å². The highest BCUT2D eigenvalue weighted by atomic mass is 79.9. The SMILES string of the molecule is N#Cc1ccnc(Nc2ccc(Br)c(Cl)c2)c1Cl. The smallest absolute Gasteiger partial charge is 0.150 e. The van der Waals surface area contributed by atoms with Crippen molar-refractivity contribution in [3.05, 3.63) is 50.5 Å². The Balaban J connectivity index is 2.35. The predicted molar refractivity (Wildman–Crippen MR) is 76.4 cm³/mol. The second-order valence-corrected chi connectivity index (χ2v) is 5.03. The summed E-state index contributed by atoms with van der Waals surface area (Å²) in [6, 6.07) is 8.93. The van der Waals surface area contributed by atoms with Crippen LogP contribution in [0.25, 0.3) is 0 Å². The molecule has 0 radical (unpaired) electrons. The van der Waals surface area contributed by atoms with Gasteiger partial charge in [0, 0.05) is 16.4 Å². The van der Waals surface area contributed by atoms with E-state index in [0.717, 1.165) is 10.2 Å². The molecule has 0 aliphatic carbocycles. The lowest BCUT2D eigenvalue weighted by atomic mass is 10.2. The van der Waals surface area contributed by atoms with Crippen LogP contribution in [0.3, 0.4) is 0 Å². The van der Waals surface area contributed by atoms with Gasteiger partial charge in [-0.1, -0.05) is 23.2 Å². The monoisotopic (exact) mass is 341 g/mol. The Bertz CT molecular complexity index is 638. The minimum atomic E-state index is 0.291. The zero-order chi connectivity index (χ0) is 13.1. The maximum Gasteiger partial charge on any atom is 0.150 e. The summed E-state index contributed by atoms with van der Waals surface area (Å²) in [6.45, 7) is 0. The summed E-state index contributed by atoms with van der Waals surface area (Å²) < 4.78 is 0.805. The third kappa shape index (κ3) is 2.75. The van der Waals surface area contributed by atoms with E-state index in [0.29, 0.717) is 21.4 Å². The van der Waals surface area contributed by atoms with Gasteiger partial charge in [-0.3, -0.25) is 0 Å². The van der Waals surface area contributed by atoms with Gasteiger partial charge >= 0.3 is 0 Å². The lowest BCUT2D eigenvalue weighted by Crippen LogP contribution is -1.95. The molecule has 1 aromatic carbocycles. The molecular formula is C12H6BrCl2N3. The molecule has 0 atom stereocenters. The van der Waals surface area contributed by atoms with Crippen molar-refractivity contribution >= 4 is 50.6 Å². The van der Waals surface area contributed by atoms with Gasteiger partial charge in [-0.05, 0) is 40.2 Å². The van der Waals surface area contributed by atoms with Gasteiger partial charge in [0.05, 0.1) is 10.6 Å². The summed E-state index contributed by atoms with van der Waals surface area (Å²) in [5.74, 6) is 0.425. The molecule has 6 heteroatoms. The molecule has 1 heterocycles. The molecule has 1 N–H and O–H groups in total. The van der Waals surface area contributed by atoms with Gasteiger partial charge in [-0.2, -0.15) is 5.26 Å². The van der Waals surface area contributed by atoms with E-state index in [1.165, 1.54) is 6.20 Å². The number of pyridine rings is 1. The molecular weight excluding hydrogens is 337 g/mol. The van der Waals surface area contributed by atoms with Crippen LogP contribution in [-0.4, -0.2) is 4.98 Å². The van der Waals surface area contributed by atoms with Gasteiger partial charge < -0.3 is 5.32 Å². The first-order valence-electron chi connectivity index (χ1n) is 4.88. The highest BCUT2D eigenvalue weighted by Crippen LogP contribution is 2.30. The quantitative estimate of drug-likeness (QED) is 0.855. The van der Waals surface area contributed by atoms with Crippen molar-refractivity contribution in [3.63, 3.8) is 0 Å². The number of nitrogens with one attached hydrogen (secondary N) is 1. The van der Waals surface area contributed by atoms with E-state index in [2.05, 4.69) is 26.2 Å². The van der Waals surface area contributed by atoms with Crippen LogP contribution in [0.5, 0.6) is 0 Å². The van der Waals surface area contributed by atoms with E-state index < -0.39 is 0 Å². The first-order valence-corrected chi connectivity index (χ1v) is 6.43. The van der Waals surface area contributed by atoms with Crippen molar-refractivity contribution in [2.75, 3.05) is 5.32 Å². The standard InChI is InChI=1S/C12H6BrCl2N3/c13-9-2-1-8(5-10(9)14)18-12-11(15)7(6-16)3-4-17-12/h1-5H,(H,17,18). The van der Waals surface area contributed by atoms with Crippen molar-refractivity contribution in [2.45, 2.75) is 0 Å². The predicted octanol–water partition coefficient (Wildman–Crippen LogP) is 4.77. The third-order valence-corrected chi connectivity index (χ3v) is 3.81. The number of anilines is 2. The fraction of sp³-hybridized carbons (Fsp3) is 0. The number of nitrogens with zero attached hydrogens (tertiary/aromatic N) is 2. The van der Waals surface area contributed by atoms with E-state index >= 15 is 0 Å². The summed E-state index contributed by atoms with van der Waals surface area (Å²) >= 11 is 15.3. The minimum absolute atomic E-state index is 0.291. The van der Waals surface area contributed by atoms with Gasteiger partial charge in [-0.15, -0.1) is 0 Å². The van der Waals surface area contributed by atoms with Crippen molar-refractivity contribution in [1.29, 1.82) is 5.26 Å². The molecule has 1 aromatic heterocycles. The largest absolute Gasteiger partial charge is 0.339 e. The maximum atomic E-state index is 8.87. The van der Waals surface area contributed by atoms with E-state index in [4.69, 9.17) is 28.5 Å². The number of rotatable bonds is 2. The van der Waals surface area contributed by atoms with Gasteiger partial charge in [0.1, 0.15) is 11.1 Å². The van der Waals surface area contributed by atoms with Crippen LogP contribution in [0.1, 0.15) is 5.56 Å². The molecule has 0 saturated heterocycles. The molecule has 3 nitrogen and oxygen atoms in total. The van der Waals surface area contributed by atoms with Gasteiger partial charge in [0.25, 0.3) is 0 Å².